The maximum absolute atomic E-state index is 14.0. The monoisotopic (exact) mass is 619 g/mol. The molecule has 0 heterocycles. The molecule has 0 radical (unpaired) electrons. The number of anilines is 1. The third kappa shape index (κ3) is 6.70. The van der Waals surface area contributed by atoms with Gasteiger partial charge in [0.15, 0.2) is 0 Å². The van der Waals surface area contributed by atoms with Gasteiger partial charge < -0.3 is 10.2 Å². The van der Waals surface area contributed by atoms with Gasteiger partial charge in [-0.05, 0) is 112 Å². The van der Waals surface area contributed by atoms with Crippen LogP contribution in [0.3, 0.4) is 0 Å². The maximum atomic E-state index is 14.0. The minimum absolute atomic E-state index is 0.120. The first kappa shape index (κ1) is 31.1. The summed E-state index contributed by atoms with van der Waals surface area (Å²) in [6, 6.07) is 15.2. The van der Waals surface area contributed by atoms with Crippen molar-refractivity contribution in [1.82, 2.24) is 10.2 Å². The third-order valence-corrected chi connectivity index (χ3v) is 12.2. The van der Waals surface area contributed by atoms with Crippen LogP contribution in [-0.2, 0) is 31.6 Å². The van der Waals surface area contributed by atoms with E-state index in [1.807, 2.05) is 43.3 Å². The summed E-state index contributed by atoms with van der Waals surface area (Å²) in [4.78, 5) is 29.0. The number of sulfonamides is 1. The Morgan fingerprint density at radius 2 is 1.55 bits per heavy atom. The smallest absolute Gasteiger partial charge is 0.244 e. The first-order chi connectivity index (χ1) is 21.0. The molecule has 5 aliphatic carbocycles. The number of carbonyl (C=O) groups excluding carboxylic acids is 2. The fourth-order valence-corrected chi connectivity index (χ4v) is 10.1. The van der Waals surface area contributed by atoms with Crippen LogP contribution in [0.5, 0.6) is 0 Å². The highest BCUT2D eigenvalue weighted by molar-refractivity contribution is 7.92. The van der Waals surface area contributed by atoms with Gasteiger partial charge in [-0.1, -0.05) is 61.2 Å². The standard InChI is InChI=1S/C36H49N3O4S/c1-25-8-7-9-27(16-25)23-38(26(2)35(41)37-32-10-5-4-6-11-32)34(40)24-39(44(3,42)43)33-14-12-31(13-15-33)36-20-28-17-29(21-36)19-30(18-28)22-36/h7-9,12-16,26,28-30,32H,4-6,10-11,17-24H2,1-3H3,(H,37,41)/t26-,28?,29?,30?,36?/m0/s1. The molecule has 1 atom stereocenters. The highest BCUT2D eigenvalue weighted by Gasteiger charge is 2.51. The summed E-state index contributed by atoms with van der Waals surface area (Å²) in [7, 11) is -3.77. The van der Waals surface area contributed by atoms with Gasteiger partial charge in [-0.3, -0.25) is 13.9 Å². The van der Waals surface area contributed by atoms with Crippen LogP contribution in [-0.4, -0.2) is 50.0 Å². The molecule has 2 aromatic carbocycles. The van der Waals surface area contributed by atoms with Crippen LogP contribution in [0.4, 0.5) is 5.69 Å². The number of nitrogens with one attached hydrogen (secondary N) is 1. The van der Waals surface area contributed by atoms with E-state index in [2.05, 4.69) is 17.4 Å². The molecule has 1 N–H and O–H groups in total. The van der Waals surface area contributed by atoms with Crippen LogP contribution in [0, 0.1) is 24.7 Å². The van der Waals surface area contributed by atoms with Gasteiger partial charge in [0.2, 0.25) is 21.8 Å². The van der Waals surface area contributed by atoms with Crippen LogP contribution in [0.25, 0.3) is 0 Å². The van der Waals surface area contributed by atoms with E-state index in [1.165, 1.54) is 59.7 Å². The van der Waals surface area contributed by atoms with Crippen molar-refractivity contribution in [1.29, 1.82) is 0 Å². The fraction of sp³-hybridized carbons (Fsp3) is 0.611. The van der Waals surface area contributed by atoms with Gasteiger partial charge in [0.25, 0.3) is 0 Å². The van der Waals surface area contributed by atoms with Gasteiger partial charge >= 0.3 is 0 Å². The lowest BCUT2D eigenvalue weighted by atomic mass is 9.48. The molecule has 0 spiro atoms. The van der Waals surface area contributed by atoms with Gasteiger partial charge in [-0.25, -0.2) is 8.42 Å². The van der Waals surface area contributed by atoms with Gasteiger partial charge in [-0.2, -0.15) is 0 Å². The number of carbonyl (C=O) groups is 2. The summed E-state index contributed by atoms with van der Waals surface area (Å²) in [6.45, 7) is 3.61. The topological polar surface area (TPSA) is 86.8 Å². The predicted molar refractivity (Wildman–Crippen MR) is 175 cm³/mol. The Bertz CT molecular complexity index is 1430. The number of rotatable bonds is 10. The van der Waals surface area contributed by atoms with E-state index in [4.69, 9.17) is 0 Å². The largest absolute Gasteiger partial charge is 0.352 e. The number of aryl methyl sites for hydroxylation is 1. The zero-order valence-electron chi connectivity index (χ0n) is 26.6. The lowest BCUT2D eigenvalue weighted by molar-refractivity contribution is -0.139. The van der Waals surface area contributed by atoms with E-state index in [9.17, 15) is 18.0 Å². The average Bonchev–Trinajstić information content (AvgIpc) is 2.97. The highest BCUT2D eigenvalue weighted by atomic mass is 32.2. The molecule has 2 amide bonds. The molecule has 5 fully saturated rings. The molecule has 7 rings (SSSR count). The minimum atomic E-state index is -3.77. The van der Waals surface area contributed by atoms with Crippen molar-refractivity contribution in [3.63, 3.8) is 0 Å². The van der Waals surface area contributed by atoms with Crippen LogP contribution in [0.15, 0.2) is 48.5 Å². The molecule has 7 nitrogen and oxygen atoms in total. The number of hydrogen-bond donors (Lipinski definition) is 1. The van der Waals surface area contributed by atoms with E-state index in [0.717, 1.165) is 60.8 Å². The second-order valence-electron chi connectivity index (χ2n) is 14.5. The third-order valence-electron chi connectivity index (χ3n) is 11.0. The summed E-state index contributed by atoms with van der Waals surface area (Å²) < 4.78 is 27.5. The molecular formula is C36H49N3O4S. The summed E-state index contributed by atoms with van der Waals surface area (Å²) >= 11 is 0. The van der Waals surface area contributed by atoms with Crippen molar-refractivity contribution in [2.45, 2.75) is 109 Å². The zero-order chi connectivity index (χ0) is 31.1. The van der Waals surface area contributed by atoms with E-state index < -0.39 is 22.0 Å². The lowest BCUT2D eigenvalue weighted by Gasteiger charge is -2.57. The van der Waals surface area contributed by atoms with E-state index in [1.54, 1.807) is 6.92 Å². The Morgan fingerprint density at radius 1 is 0.932 bits per heavy atom. The van der Waals surface area contributed by atoms with Crippen molar-refractivity contribution < 1.29 is 18.0 Å². The molecule has 0 saturated heterocycles. The van der Waals surface area contributed by atoms with Crippen LogP contribution >= 0.6 is 0 Å². The van der Waals surface area contributed by atoms with Gasteiger partial charge in [0, 0.05) is 12.6 Å². The number of hydrogen-bond acceptors (Lipinski definition) is 4. The maximum Gasteiger partial charge on any atom is 0.244 e. The van der Waals surface area contributed by atoms with E-state index in [0.29, 0.717) is 5.69 Å². The highest BCUT2D eigenvalue weighted by Crippen LogP contribution is 2.60. The van der Waals surface area contributed by atoms with E-state index >= 15 is 0 Å². The fourth-order valence-electron chi connectivity index (χ4n) is 9.22. The van der Waals surface area contributed by atoms with Crippen molar-refractivity contribution in [2.24, 2.45) is 17.8 Å². The Kier molecular flexibility index (Phi) is 8.84. The molecule has 0 unspecified atom stereocenters. The molecule has 2 aromatic rings. The molecule has 0 aromatic heterocycles. The zero-order valence-corrected chi connectivity index (χ0v) is 27.5. The van der Waals surface area contributed by atoms with Crippen LogP contribution in [0.1, 0.15) is 94.2 Å². The Morgan fingerprint density at radius 3 is 2.11 bits per heavy atom. The van der Waals surface area contributed by atoms with Crippen LogP contribution in [0.2, 0.25) is 0 Å². The van der Waals surface area contributed by atoms with E-state index in [-0.39, 0.29) is 30.5 Å². The van der Waals surface area contributed by atoms with Crippen molar-refractivity contribution in [3.8, 4) is 0 Å². The molecule has 5 saturated carbocycles. The average molecular weight is 620 g/mol. The number of amides is 2. The molecule has 8 heteroatoms. The van der Waals surface area contributed by atoms with Crippen LogP contribution < -0.4 is 9.62 Å². The first-order valence-corrected chi connectivity index (χ1v) is 18.6. The molecule has 5 aliphatic rings. The Labute approximate surface area is 263 Å². The summed E-state index contributed by atoms with van der Waals surface area (Å²) in [6.07, 6.45) is 14.3. The predicted octanol–water partition coefficient (Wildman–Crippen LogP) is 6.10. The van der Waals surface area contributed by atoms with Gasteiger partial charge in [0.05, 0.1) is 11.9 Å². The first-order valence-electron chi connectivity index (χ1n) is 16.7. The van der Waals surface area contributed by atoms with Gasteiger partial charge in [-0.15, -0.1) is 0 Å². The summed E-state index contributed by atoms with van der Waals surface area (Å²) in [5.74, 6) is 1.88. The molecule has 238 valence electrons. The molecule has 0 aliphatic heterocycles. The van der Waals surface area contributed by atoms with Gasteiger partial charge in [0.1, 0.15) is 12.6 Å². The lowest BCUT2D eigenvalue weighted by Crippen LogP contribution is -2.53. The van der Waals surface area contributed by atoms with Crippen molar-refractivity contribution >= 4 is 27.5 Å². The van der Waals surface area contributed by atoms with Crippen molar-refractivity contribution in [3.05, 3.63) is 65.2 Å². The quantitative estimate of drug-likeness (QED) is 0.349. The minimum Gasteiger partial charge on any atom is -0.352 e. The molecule has 4 bridgehead atoms. The second kappa shape index (κ2) is 12.5. The Hall–Kier alpha value is -2.87. The number of nitrogens with zero attached hydrogens (tertiary/aromatic N) is 2. The molecular weight excluding hydrogens is 570 g/mol. The second-order valence-corrected chi connectivity index (χ2v) is 16.5. The molecule has 44 heavy (non-hydrogen) atoms. The normalized spacial score (nSPS) is 27.1. The van der Waals surface area contributed by atoms with Crippen molar-refractivity contribution in [2.75, 3.05) is 17.1 Å². The summed E-state index contributed by atoms with van der Waals surface area (Å²) in [5.41, 5.74) is 3.98. The summed E-state index contributed by atoms with van der Waals surface area (Å²) in [5, 5.41) is 3.16. The Balaban J connectivity index is 1.22. The number of benzene rings is 2. The SMILES string of the molecule is Cc1cccc(CN(C(=O)CN(c2ccc(C34CC5CC(CC(C5)C3)C4)cc2)S(C)(=O)=O)[C@@H](C)C(=O)NC2CCCCC2)c1.